The number of hydrogen-bond acceptors (Lipinski definition) is 1. The van der Waals surface area contributed by atoms with Gasteiger partial charge in [-0.3, -0.25) is 0 Å². The van der Waals surface area contributed by atoms with Crippen LogP contribution in [-0.2, 0) is 18.4 Å². The van der Waals surface area contributed by atoms with Gasteiger partial charge in [-0.25, -0.2) is 4.39 Å². The van der Waals surface area contributed by atoms with Crippen molar-refractivity contribution in [2.24, 2.45) is 0 Å². The zero-order chi connectivity index (χ0) is 15.0. The minimum absolute atomic E-state index is 0.299. The van der Waals surface area contributed by atoms with Crippen LogP contribution in [0.1, 0.15) is 42.0 Å². The zero-order valence-electron chi connectivity index (χ0n) is 12.0. The lowest BCUT2D eigenvalue weighted by atomic mass is 9.83. The Morgan fingerprint density at radius 1 is 1.10 bits per heavy atom. The number of aryl methyl sites for hydroxylation is 2. The van der Waals surface area contributed by atoms with E-state index in [1.54, 1.807) is 25.1 Å². The molecule has 0 spiro atoms. The average molecular weight is 349 g/mol. The maximum absolute atomic E-state index is 14.3. The third kappa shape index (κ3) is 2.65. The van der Waals surface area contributed by atoms with E-state index in [0.717, 1.165) is 18.4 Å². The van der Waals surface area contributed by atoms with Crippen molar-refractivity contribution in [3.05, 3.63) is 68.9 Å². The molecule has 1 aliphatic rings. The SMILES string of the molecule is CC(O)(c1ccc2c(c1)CCCC2)c1cccc(Br)c1F. The van der Waals surface area contributed by atoms with E-state index in [1.807, 2.05) is 12.1 Å². The number of benzene rings is 2. The maximum atomic E-state index is 14.3. The molecule has 0 heterocycles. The van der Waals surface area contributed by atoms with E-state index < -0.39 is 11.4 Å². The lowest BCUT2D eigenvalue weighted by Crippen LogP contribution is -2.25. The Kier molecular flexibility index (Phi) is 3.89. The zero-order valence-corrected chi connectivity index (χ0v) is 13.6. The average Bonchev–Trinajstić information content (AvgIpc) is 2.49. The minimum atomic E-state index is -1.33. The van der Waals surface area contributed by atoms with Crippen molar-refractivity contribution in [2.45, 2.75) is 38.2 Å². The van der Waals surface area contributed by atoms with Crippen LogP contribution in [0.5, 0.6) is 0 Å². The summed E-state index contributed by atoms with van der Waals surface area (Å²) in [6.07, 6.45) is 4.55. The molecule has 1 N–H and O–H groups in total. The third-order valence-corrected chi connectivity index (χ3v) is 5.00. The summed E-state index contributed by atoms with van der Waals surface area (Å²) >= 11 is 3.19. The largest absolute Gasteiger partial charge is 0.381 e. The molecule has 3 rings (SSSR count). The van der Waals surface area contributed by atoms with E-state index in [9.17, 15) is 9.50 Å². The van der Waals surface area contributed by atoms with Gasteiger partial charge in [0, 0.05) is 5.56 Å². The van der Waals surface area contributed by atoms with Crippen LogP contribution >= 0.6 is 15.9 Å². The molecular formula is C18H18BrFO. The van der Waals surface area contributed by atoms with Gasteiger partial charge in [0.15, 0.2) is 0 Å². The smallest absolute Gasteiger partial charge is 0.143 e. The number of fused-ring (bicyclic) bond motifs is 1. The summed E-state index contributed by atoms with van der Waals surface area (Å²) in [5.41, 5.74) is 2.36. The van der Waals surface area contributed by atoms with Crippen LogP contribution < -0.4 is 0 Å². The highest BCUT2D eigenvalue weighted by atomic mass is 79.9. The summed E-state index contributed by atoms with van der Waals surface area (Å²) in [5, 5.41) is 10.9. The van der Waals surface area contributed by atoms with Gasteiger partial charge in [-0.2, -0.15) is 0 Å². The Hall–Kier alpha value is -1.19. The molecule has 1 aliphatic carbocycles. The Labute approximate surface area is 132 Å². The fourth-order valence-electron chi connectivity index (χ4n) is 3.07. The second-order valence-corrected chi connectivity index (χ2v) is 6.72. The molecule has 0 saturated carbocycles. The van der Waals surface area contributed by atoms with E-state index in [0.29, 0.717) is 10.0 Å². The van der Waals surface area contributed by atoms with Crippen molar-refractivity contribution in [3.63, 3.8) is 0 Å². The summed E-state index contributed by atoms with van der Waals surface area (Å²) < 4.78 is 14.7. The molecule has 0 aliphatic heterocycles. The topological polar surface area (TPSA) is 20.2 Å². The van der Waals surface area contributed by atoms with Crippen LogP contribution in [0.3, 0.4) is 0 Å². The lowest BCUT2D eigenvalue weighted by Gasteiger charge is -2.27. The Balaban J connectivity index is 2.07. The molecule has 0 amide bonds. The molecule has 0 bridgehead atoms. The summed E-state index contributed by atoms with van der Waals surface area (Å²) in [7, 11) is 0. The number of rotatable bonds is 2. The standard InChI is InChI=1S/C18H18BrFO/c1-18(21,15-7-4-8-16(19)17(15)20)14-10-9-12-5-2-3-6-13(12)11-14/h4,7-11,21H,2-3,5-6H2,1H3. The Bertz CT molecular complexity index is 679. The lowest BCUT2D eigenvalue weighted by molar-refractivity contribution is 0.0977. The predicted octanol–water partition coefficient (Wildman–Crippen LogP) is 4.72. The van der Waals surface area contributed by atoms with Crippen molar-refractivity contribution in [1.29, 1.82) is 0 Å². The summed E-state index contributed by atoms with van der Waals surface area (Å²) in [5.74, 6) is -0.403. The molecule has 0 fully saturated rings. The Morgan fingerprint density at radius 3 is 2.57 bits per heavy atom. The van der Waals surface area contributed by atoms with Gasteiger partial charge < -0.3 is 5.11 Å². The van der Waals surface area contributed by atoms with Crippen LogP contribution in [0.2, 0.25) is 0 Å². The van der Waals surface area contributed by atoms with Crippen LogP contribution in [0.15, 0.2) is 40.9 Å². The molecule has 0 radical (unpaired) electrons. The quantitative estimate of drug-likeness (QED) is 0.832. The number of halogens is 2. The minimum Gasteiger partial charge on any atom is -0.381 e. The first kappa shape index (κ1) is 14.7. The van der Waals surface area contributed by atoms with Crippen molar-refractivity contribution in [2.75, 3.05) is 0 Å². The van der Waals surface area contributed by atoms with E-state index in [1.165, 1.54) is 24.0 Å². The summed E-state index contributed by atoms with van der Waals surface area (Å²) in [6.45, 7) is 1.66. The summed E-state index contributed by atoms with van der Waals surface area (Å²) in [4.78, 5) is 0. The monoisotopic (exact) mass is 348 g/mol. The van der Waals surface area contributed by atoms with Crippen LogP contribution in [0.4, 0.5) is 4.39 Å². The van der Waals surface area contributed by atoms with Crippen molar-refractivity contribution < 1.29 is 9.50 Å². The van der Waals surface area contributed by atoms with Gasteiger partial charge in [0.05, 0.1) is 4.47 Å². The molecule has 0 aromatic heterocycles. The van der Waals surface area contributed by atoms with E-state index in [-0.39, 0.29) is 0 Å². The molecule has 2 aromatic carbocycles. The van der Waals surface area contributed by atoms with Gasteiger partial charge >= 0.3 is 0 Å². The van der Waals surface area contributed by atoms with E-state index in [2.05, 4.69) is 22.0 Å². The fraction of sp³-hybridized carbons (Fsp3) is 0.333. The van der Waals surface area contributed by atoms with Gasteiger partial charge in [-0.15, -0.1) is 0 Å². The highest BCUT2D eigenvalue weighted by Crippen LogP contribution is 2.35. The van der Waals surface area contributed by atoms with Gasteiger partial charge in [-0.1, -0.05) is 30.3 Å². The molecule has 0 saturated heterocycles. The second-order valence-electron chi connectivity index (χ2n) is 5.86. The normalized spacial score (nSPS) is 17.1. The van der Waals surface area contributed by atoms with E-state index >= 15 is 0 Å². The van der Waals surface area contributed by atoms with Crippen molar-refractivity contribution >= 4 is 15.9 Å². The predicted molar refractivity (Wildman–Crippen MR) is 85.9 cm³/mol. The molecule has 2 aromatic rings. The number of hydrogen-bond donors (Lipinski definition) is 1. The Morgan fingerprint density at radius 2 is 1.81 bits per heavy atom. The first-order chi connectivity index (χ1) is 10.00. The van der Waals surface area contributed by atoms with Gasteiger partial charge in [0.25, 0.3) is 0 Å². The van der Waals surface area contributed by atoms with Gasteiger partial charge in [0.2, 0.25) is 0 Å². The van der Waals surface area contributed by atoms with Crippen LogP contribution in [0, 0.1) is 5.82 Å². The maximum Gasteiger partial charge on any atom is 0.143 e. The molecule has 3 heteroatoms. The molecule has 1 unspecified atom stereocenters. The molecule has 1 atom stereocenters. The van der Waals surface area contributed by atoms with Crippen molar-refractivity contribution in [1.82, 2.24) is 0 Å². The molecule has 21 heavy (non-hydrogen) atoms. The highest BCUT2D eigenvalue weighted by Gasteiger charge is 2.30. The second kappa shape index (κ2) is 5.54. The van der Waals surface area contributed by atoms with Crippen LogP contribution in [0.25, 0.3) is 0 Å². The first-order valence-corrected chi connectivity index (χ1v) is 8.08. The molecule has 110 valence electrons. The first-order valence-electron chi connectivity index (χ1n) is 7.29. The molecular weight excluding hydrogens is 331 g/mol. The number of aliphatic hydroxyl groups is 1. The fourth-order valence-corrected chi connectivity index (χ4v) is 3.44. The molecule has 1 nitrogen and oxygen atoms in total. The van der Waals surface area contributed by atoms with Crippen molar-refractivity contribution in [3.8, 4) is 0 Å². The summed E-state index contributed by atoms with van der Waals surface area (Å²) in [6, 6.07) is 11.1. The van der Waals surface area contributed by atoms with E-state index in [4.69, 9.17) is 0 Å². The van der Waals surface area contributed by atoms with Crippen LogP contribution in [-0.4, -0.2) is 5.11 Å². The van der Waals surface area contributed by atoms with Gasteiger partial charge in [0.1, 0.15) is 11.4 Å². The highest BCUT2D eigenvalue weighted by molar-refractivity contribution is 9.10. The third-order valence-electron chi connectivity index (χ3n) is 4.39. The van der Waals surface area contributed by atoms with Gasteiger partial charge in [-0.05, 0) is 71.3 Å².